The summed E-state index contributed by atoms with van der Waals surface area (Å²) in [6.45, 7) is 0.628. The number of carbonyl (C=O) groups excluding carboxylic acids is 1. The van der Waals surface area contributed by atoms with Gasteiger partial charge in [0.25, 0.3) is 0 Å². The van der Waals surface area contributed by atoms with Crippen molar-refractivity contribution in [1.82, 2.24) is 0 Å². The molecule has 0 unspecified atom stereocenters. The van der Waals surface area contributed by atoms with Gasteiger partial charge in [-0.2, -0.15) is 0 Å². The summed E-state index contributed by atoms with van der Waals surface area (Å²) in [7, 11) is 0. The Morgan fingerprint density at radius 1 is 0.906 bits per heavy atom. The van der Waals surface area contributed by atoms with Gasteiger partial charge in [-0.25, -0.2) is 22.0 Å². The molecule has 164 valence electrons. The molecule has 3 aromatic carbocycles. The van der Waals surface area contributed by atoms with Crippen LogP contribution in [-0.2, 0) is 6.61 Å². The van der Waals surface area contributed by atoms with E-state index >= 15 is 0 Å². The maximum absolute atomic E-state index is 13.9. The number of ketones is 1. The molecule has 0 saturated carbocycles. The fourth-order valence-corrected chi connectivity index (χ4v) is 3.43. The Balaban J connectivity index is 1.61. The number of halogens is 6. The van der Waals surface area contributed by atoms with Gasteiger partial charge >= 0.3 is 0 Å². The van der Waals surface area contributed by atoms with E-state index in [1.54, 1.807) is 37.3 Å². The monoisotopic (exact) mass is 510 g/mol. The first-order valence-electron chi connectivity index (χ1n) is 9.15. The van der Waals surface area contributed by atoms with Crippen molar-refractivity contribution in [2.75, 3.05) is 0 Å². The molecular formula is C23H12BrF5O3. The lowest BCUT2D eigenvalue weighted by atomic mass is 10.1. The van der Waals surface area contributed by atoms with Crippen molar-refractivity contribution in [1.29, 1.82) is 0 Å². The van der Waals surface area contributed by atoms with Gasteiger partial charge in [0, 0.05) is 10.0 Å². The maximum Gasteiger partial charge on any atom is 0.231 e. The number of Topliss-reactive ketones (excluding diaryl/α,β-unsaturated/α-hetero) is 1. The third kappa shape index (κ3) is 3.77. The van der Waals surface area contributed by atoms with E-state index in [0.29, 0.717) is 5.56 Å². The zero-order valence-corrected chi connectivity index (χ0v) is 17.8. The second-order valence-corrected chi connectivity index (χ2v) is 7.81. The van der Waals surface area contributed by atoms with E-state index in [1.165, 1.54) is 12.1 Å². The standard InChI is InChI=1S/C23H12BrF5O3/c1-10-15(31-9-14-17(25)19(27)21(29)20(28)18(14)26)7-6-13-22(30)16(32-23(10)13)8-11-2-4-12(24)5-3-11/h2-8H,9H2,1H3/b16-8-. The highest BCUT2D eigenvalue weighted by atomic mass is 79.9. The normalized spacial score (nSPS) is 14.0. The molecule has 0 amide bonds. The number of hydrogen-bond donors (Lipinski definition) is 0. The van der Waals surface area contributed by atoms with E-state index in [-0.39, 0.29) is 28.6 Å². The Hall–Kier alpha value is -3.20. The van der Waals surface area contributed by atoms with Gasteiger partial charge in [0.2, 0.25) is 11.6 Å². The molecule has 1 heterocycles. The van der Waals surface area contributed by atoms with Crippen LogP contribution in [-0.4, -0.2) is 5.78 Å². The summed E-state index contributed by atoms with van der Waals surface area (Å²) < 4.78 is 79.6. The summed E-state index contributed by atoms with van der Waals surface area (Å²) >= 11 is 3.32. The molecule has 0 fully saturated rings. The van der Waals surface area contributed by atoms with Crippen LogP contribution >= 0.6 is 15.9 Å². The lowest BCUT2D eigenvalue weighted by Gasteiger charge is -2.13. The van der Waals surface area contributed by atoms with E-state index in [2.05, 4.69) is 15.9 Å². The first-order valence-corrected chi connectivity index (χ1v) is 9.95. The van der Waals surface area contributed by atoms with E-state index in [1.807, 2.05) is 0 Å². The molecular weight excluding hydrogens is 499 g/mol. The van der Waals surface area contributed by atoms with Crippen LogP contribution in [0.1, 0.15) is 27.0 Å². The maximum atomic E-state index is 13.9. The van der Waals surface area contributed by atoms with Crippen LogP contribution in [0.5, 0.6) is 11.5 Å². The van der Waals surface area contributed by atoms with Crippen LogP contribution in [0.2, 0.25) is 0 Å². The Bertz CT molecular complexity index is 1260. The topological polar surface area (TPSA) is 35.5 Å². The smallest absolute Gasteiger partial charge is 0.231 e. The lowest BCUT2D eigenvalue weighted by molar-refractivity contribution is 0.101. The molecule has 0 radical (unpaired) electrons. The second-order valence-electron chi connectivity index (χ2n) is 6.89. The summed E-state index contributed by atoms with van der Waals surface area (Å²) in [5, 5.41) is 0. The predicted molar refractivity (Wildman–Crippen MR) is 109 cm³/mol. The summed E-state index contributed by atoms with van der Waals surface area (Å²) in [4.78, 5) is 12.6. The molecule has 0 saturated heterocycles. The Kier molecular flexibility index (Phi) is 5.77. The summed E-state index contributed by atoms with van der Waals surface area (Å²) in [6.07, 6.45) is 1.56. The van der Waals surface area contributed by atoms with Gasteiger partial charge in [0.15, 0.2) is 29.0 Å². The zero-order valence-electron chi connectivity index (χ0n) is 16.2. The highest BCUT2D eigenvalue weighted by Crippen LogP contribution is 2.39. The van der Waals surface area contributed by atoms with E-state index < -0.39 is 41.3 Å². The molecule has 9 heteroatoms. The minimum Gasteiger partial charge on any atom is -0.488 e. The fourth-order valence-electron chi connectivity index (χ4n) is 3.16. The average Bonchev–Trinajstić information content (AvgIpc) is 3.10. The van der Waals surface area contributed by atoms with E-state index in [9.17, 15) is 26.7 Å². The SMILES string of the molecule is Cc1c(OCc2c(F)c(F)c(F)c(F)c2F)ccc2c1O/C(=C\c1ccc(Br)cc1)C2=O. The van der Waals surface area contributed by atoms with Crippen LogP contribution in [0.25, 0.3) is 6.08 Å². The van der Waals surface area contributed by atoms with Crippen LogP contribution < -0.4 is 9.47 Å². The van der Waals surface area contributed by atoms with Crippen molar-refractivity contribution < 1.29 is 36.2 Å². The minimum atomic E-state index is -2.24. The summed E-state index contributed by atoms with van der Waals surface area (Å²) in [6, 6.07) is 9.93. The van der Waals surface area contributed by atoms with Crippen molar-refractivity contribution in [2.45, 2.75) is 13.5 Å². The number of benzene rings is 3. The third-order valence-electron chi connectivity index (χ3n) is 4.88. The van der Waals surface area contributed by atoms with Gasteiger partial charge in [0.05, 0.1) is 11.1 Å². The van der Waals surface area contributed by atoms with Crippen molar-refractivity contribution in [3.05, 3.63) is 98.0 Å². The van der Waals surface area contributed by atoms with Crippen molar-refractivity contribution in [2.24, 2.45) is 0 Å². The van der Waals surface area contributed by atoms with Crippen molar-refractivity contribution in [3.63, 3.8) is 0 Å². The van der Waals surface area contributed by atoms with E-state index in [0.717, 1.165) is 10.0 Å². The zero-order chi connectivity index (χ0) is 23.2. The summed E-state index contributed by atoms with van der Waals surface area (Å²) in [5.41, 5.74) is 0.215. The first-order chi connectivity index (χ1) is 15.2. The molecule has 0 bridgehead atoms. The minimum absolute atomic E-state index is 0.0605. The van der Waals surface area contributed by atoms with Gasteiger partial charge in [-0.1, -0.05) is 28.1 Å². The molecule has 0 spiro atoms. The van der Waals surface area contributed by atoms with Gasteiger partial charge in [-0.3, -0.25) is 4.79 Å². The molecule has 4 rings (SSSR count). The van der Waals surface area contributed by atoms with Crippen LogP contribution in [0.4, 0.5) is 22.0 Å². The second kappa shape index (κ2) is 8.38. The average molecular weight is 511 g/mol. The molecule has 3 nitrogen and oxygen atoms in total. The van der Waals surface area contributed by atoms with Crippen LogP contribution in [0.15, 0.2) is 46.6 Å². The number of ether oxygens (including phenoxy) is 2. The highest BCUT2D eigenvalue weighted by molar-refractivity contribution is 9.10. The Morgan fingerprint density at radius 3 is 2.12 bits per heavy atom. The molecule has 0 aromatic heterocycles. The summed E-state index contributed by atoms with van der Waals surface area (Å²) in [5.74, 6) is -10.3. The van der Waals surface area contributed by atoms with Gasteiger partial charge in [0.1, 0.15) is 18.1 Å². The largest absolute Gasteiger partial charge is 0.488 e. The first kappa shape index (κ1) is 22.0. The van der Waals surface area contributed by atoms with Gasteiger partial charge < -0.3 is 9.47 Å². The van der Waals surface area contributed by atoms with Gasteiger partial charge in [-0.15, -0.1) is 0 Å². The number of carbonyl (C=O) groups is 1. The van der Waals surface area contributed by atoms with Gasteiger partial charge in [-0.05, 0) is 42.8 Å². The quantitative estimate of drug-likeness (QED) is 0.170. The molecule has 3 aromatic rings. The predicted octanol–water partition coefficient (Wildman–Crippen LogP) is 6.65. The molecule has 1 aliphatic heterocycles. The number of rotatable bonds is 4. The third-order valence-corrected chi connectivity index (χ3v) is 5.41. The molecule has 0 aliphatic carbocycles. The van der Waals surface area contributed by atoms with Crippen molar-refractivity contribution in [3.8, 4) is 11.5 Å². The number of hydrogen-bond acceptors (Lipinski definition) is 3. The van der Waals surface area contributed by atoms with Crippen molar-refractivity contribution >= 4 is 27.8 Å². The molecule has 1 aliphatic rings. The molecule has 0 atom stereocenters. The number of fused-ring (bicyclic) bond motifs is 1. The lowest BCUT2D eigenvalue weighted by Crippen LogP contribution is -2.10. The number of allylic oxidation sites excluding steroid dienone is 1. The molecule has 0 N–H and O–H groups in total. The van der Waals surface area contributed by atoms with Crippen LogP contribution in [0, 0.1) is 36.0 Å². The van der Waals surface area contributed by atoms with Crippen LogP contribution in [0.3, 0.4) is 0 Å². The Morgan fingerprint density at radius 2 is 1.50 bits per heavy atom. The Labute approximate surface area is 187 Å². The van der Waals surface area contributed by atoms with E-state index in [4.69, 9.17) is 9.47 Å². The molecule has 32 heavy (non-hydrogen) atoms. The highest BCUT2D eigenvalue weighted by Gasteiger charge is 2.31. The fraction of sp³-hybridized carbons (Fsp3) is 0.0870.